The summed E-state index contributed by atoms with van der Waals surface area (Å²) in [5.74, 6) is -0.104. The maximum absolute atomic E-state index is 9.15. The minimum absolute atomic E-state index is 0.0549. The van der Waals surface area contributed by atoms with Crippen LogP contribution in [0.5, 0.6) is 0 Å². The van der Waals surface area contributed by atoms with Gasteiger partial charge < -0.3 is 14.8 Å². The van der Waals surface area contributed by atoms with Crippen molar-refractivity contribution in [3.05, 3.63) is 20.9 Å². The van der Waals surface area contributed by atoms with Gasteiger partial charge >= 0.3 is 0 Å². The lowest BCUT2D eigenvalue weighted by molar-refractivity contribution is 0.270. The molecular formula is C12H18N18O2Si. The monoisotopic (exact) mass is 474 g/mol. The first-order valence-electron chi connectivity index (χ1n) is 9.37. The molecular weight excluding hydrogens is 456 g/mol. The van der Waals surface area contributed by atoms with E-state index < -0.39 is 9.04 Å². The van der Waals surface area contributed by atoms with Crippen LogP contribution in [-0.4, -0.2) is 83.8 Å². The fourth-order valence-electron chi connectivity index (χ4n) is 2.31. The van der Waals surface area contributed by atoms with Gasteiger partial charge in [0.2, 0.25) is 23.8 Å². The van der Waals surface area contributed by atoms with Crippen molar-refractivity contribution >= 4 is 38.8 Å². The second-order valence-corrected chi connectivity index (χ2v) is 8.63. The maximum atomic E-state index is 9.15. The van der Waals surface area contributed by atoms with Crippen LogP contribution < -0.4 is 10.6 Å². The molecule has 0 aliphatic carbocycles. The molecule has 0 aliphatic rings. The maximum Gasteiger partial charge on any atom is 0.292 e. The Kier molecular flexibility index (Phi) is 7.94. The average Bonchev–Trinajstić information content (AvgIpc) is 3.36. The molecule has 0 saturated heterocycles. The quantitative estimate of drug-likeness (QED) is 0.106. The van der Waals surface area contributed by atoms with Crippen molar-refractivity contribution in [3.63, 3.8) is 0 Å². The van der Waals surface area contributed by atoms with E-state index in [0.29, 0.717) is 13.2 Å². The summed E-state index contributed by atoms with van der Waals surface area (Å²) in [5.41, 5.74) is 17.2. The number of nitrogens with zero attached hydrogens (tertiary/aromatic N) is 16. The van der Waals surface area contributed by atoms with Crippen molar-refractivity contribution in [2.75, 3.05) is 30.4 Å². The van der Waals surface area contributed by atoms with Gasteiger partial charge in [0, 0.05) is 16.4 Å². The second kappa shape index (κ2) is 11.3. The predicted octanol–water partition coefficient (Wildman–Crippen LogP) is 0.470. The highest BCUT2D eigenvalue weighted by Gasteiger charge is 2.16. The topological polar surface area (TPSA) is 264 Å². The summed E-state index contributed by atoms with van der Waals surface area (Å²) < 4.78 is 8.03. The molecule has 0 amide bonds. The van der Waals surface area contributed by atoms with E-state index in [-0.39, 0.29) is 48.8 Å². The molecule has 0 saturated carbocycles. The molecule has 3 rings (SSSR count). The zero-order valence-corrected chi connectivity index (χ0v) is 18.6. The van der Waals surface area contributed by atoms with E-state index in [1.54, 1.807) is 0 Å². The number of azide groups is 2. The summed E-state index contributed by atoms with van der Waals surface area (Å²) in [6, 6.07) is 0. The molecule has 0 radical (unpaired) electrons. The van der Waals surface area contributed by atoms with Crippen molar-refractivity contribution in [2.45, 2.75) is 19.6 Å². The number of aliphatic hydroxyl groups is 1. The van der Waals surface area contributed by atoms with E-state index in [1.807, 2.05) is 13.1 Å². The number of aliphatic hydroxyl groups excluding tert-OH is 1. The van der Waals surface area contributed by atoms with E-state index in [4.69, 9.17) is 20.6 Å². The van der Waals surface area contributed by atoms with Gasteiger partial charge in [-0.3, -0.25) is 5.32 Å². The highest BCUT2D eigenvalue weighted by molar-refractivity contribution is 6.48. The fourth-order valence-corrected chi connectivity index (χ4v) is 2.90. The normalized spacial score (nSPS) is 10.5. The standard InChI is InChI=1S/C12H18N18O2Si/c1-33(2)32-6-3-15-10-17-9(22-28-14)26-30(10)12-23-19-7(20-24-12)16-11-18-8(21-27-13)25-29(11)4-5-31/h31,33H,3-6H2,1-2H3,(H,15,17,26)(H,16,18,19,20,25). The van der Waals surface area contributed by atoms with Crippen LogP contribution in [-0.2, 0) is 11.0 Å². The van der Waals surface area contributed by atoms with Crippen LogP contribution in [0.2, 0.25) is 13.1 Å². The summed E-state index contributed by atoms with van der Waals surface area (Å²) in [4.78, 5) is 13.3. The Morgan fingerprint density at radius 2 is 1.70 bits per heavy atom. The minimum atomic E-state index is -1.17. The molecule has 0 bridgehead atoms. The van der Waals surface area contributed by atoms with Crippen LogP contribution in [0.4, 0.5) is 29.7 Å². The molecule has 20 nitrogen and oxygen atoms in total. The van der Waals surface area contributed by atoms with Crippen molar-refractivity contribution in [1.29, 1.82) is 0 Å². The first-order valence-corrected chi connectivity index (χ1v) is 12.1. The van der Waals surface area contributed by atoms with Crippen molar-refractivity contribution in [1.82, 2.24) is 49.9 Å². The first-order chi connectivity index (χ1) is 16.0. The number of hydrogen-bond donors (Lipinski definition) is 3. The Morgan fingerprint density at radius 3 is 2.33 bits per heavy atom. The van der Waals surface area contributed by atoms with Crippen LogP contribution >= 0.6 is 0 Å². The van der Waals surface area contributed by atoms with Gasteiger partial charge in [-0.25, -0.2) is 4.68 Å². The Hall–Kier alpha value is -4.42. The molecule has 0 aliphatic heterocycles. The lowest BCUT2D eigenvalue weighted by Crippen LogP contribution is -2.18. The third-order valence-electron chi connectivity index (χ3n) is 3.55. The molecule has 3 N–H and O–H groups in total. The van der Waals surface area contributed by atoms with Crippen LogP contribution in [0.15, 0.2) is 10.2 Å². The number of rotatable bonds is 12. The minimum Gasteiger partial charge on any atom is -0.419 e. The SMILES string of the molecule is C[SiH](C)OCCNc1nc(N=[N+]=[N-])nn1-c1nnc(Nc2nc(N=[N+]=[N-])nn2CCO)nn1. The van der Waals surface area contributed by atoms with Crippen LogP contribution in [0.1, 0.15) is 0 Å². The van der Waals surface area contributed by atoms with Gasteiger partial charge in [0.25, 0.3) is 11.9 Å². The van der Waals surface area contributed by atoms with E-state index in [2.05, 4.69) is 71.2 Å². The molecule has 21 heteroatoms. The summed E-state index contributed by atoms with van der Waals surface area (Å²) in [7, 11) is -1.17. The summed E-state index contributed by atoms with van der Waals surface area (Å²) >= 11 is 0. The predicted molar refractivity (Wildman–Crippen MR) is 114 cm³/mol. The molecule has 0 fully saturated rings. The highest BCUT2D eigenvalue weighted by atomic mass is 28.3. The van der Waals surface area contributed by atoms with Crippen LogP contribution in [0.3, 0.4) is 0 Å². The van der Waals surface area contributed by atoms with Gasteiger partial charge in [0.15, 0.2) is 9.04 Å². The van der Waals surface area contributed by atoms with Crippen LogP contribution in [0, 0.1) is 0 Å². The molecule has 3 aromatic heterocycles. The number of anilines is 3. The molecule has 172 valence electrons. The van der Waals surface area contributed by atoms with E-state index in [9.17, 15) is 0 Å². The molecule has 0 unspecified atom stereocenters. The van der Waals surface area contributed by atoms with Crippen molar-refractivity contribution in [3.8, 4) is 5.95 Å². The van der Waals surface area contributed by atoms with E-state index in [0.717, 1.165) is 0 Å². The fraction of sp³-hybridized carbons (Fsp3) is 0.500. The second-order valence-electron chi connectivity index (χ2n) is 6.20. The summed E-state index contributed by atoms with van der Waals surface area (Å²) in [6.07, 6.45) is 0. The first kappa shape index (κ1) is 23.2. The molecule has 3 aromatic rings. The smallest absolute Gasteiger partial charge is 0.292 e. The van der Waals surface area contributed by atoms with Crippen LogP contribution in [0.25, 0.3) is 26.8 Å². The van der Waals surface area contributed by atoms with E-state index >= 15 is 0 Å². The molecule has 0 aromatic carbocycles. The lowest BCUT2D eigenvalue weighted by atomic mass is 10.7. The van der Waals surface area contributed by atoms with Gasteiger partial charge in [0.05, 0.1) is 19.8 Å². The number of hydrogen-bond acceptors (Lipinski definition) is 14. The van der Waals surface area contributed by atoms with Crippen molar-refractivity contribution < 1.29 is 9.53 Å². The molecule has 0 atom stereocenters. The number of aromatic nitrogens is 10. The zero-order chi connectivity index (χ0) is 23.6. The highest BCUT2D eigenvalue weighted by Crippen LogP contribution is 2.17. The van der Waals surface area contributed by atoms with E-state index in [1.165, 1.54) is 9.36 Å². The largest absolute Gasteiger partial charge is 0.419 e. The molecule has 33 heavy (non-hydrogen) atoms. The Balaban J connectivity index is 1.79. The average molecular weight is 474 g/mol. The van der Waals surface area contributed by atoms with Gasteiger partial charge in [-0.2, -0.15) is 14.6 Å². The Morgan fingerprint density at radius 1 is 1.03 bits per heavy atom. The molecule has 0 spiro atoms. The van der Waals surface area contributed by atoms with Gasteiger partial charge in [-0.05, 0) is 34.4 Å². The van der Waals surface area contributed by atoms with Crippen molar-refractivity contribution in [2.24, 2.45) is 10.2 Å². The zero-order valence-electron chi connectivity index (χ0n) is 17.4. The Labute approximate surface area is 186 Å². The third kappa shape index (κ3) is 6.28. The van der Waals surface area contributed by atoms with Gasteiger partial charge in [-0.15, -0.1) is 30.6 Å². The van der Waals surface area contributed by atoms with Gasteiger partial charge in [0.1, 0.15) is 0 Å². The number of nitrogens with one attached hydrogen (secondary N) is 2. The molecule has 3 heterocycles. The Bertz CT molecular complexity index is 1160. The van der Waals surface area contributed by atoms with Gasteiger partial charge in [-0.1, -0.05) is 0 Å². The third-order valence-corrected chi connectivity index (χ3v) is 4.46. The summed E-state index contributed by atoms with van der Waals surface area (Å²) in [5, 5.41) is 45.2. The lowest BCUT2D eigenvalue weighted by Gasteiger charge is -2.09. The summed E-state index contributed by atoms with van der Waals surface area (Å²) in [6.45, 7) is 4.83.